The minimum absolute atomic E-state index is 0.521. The van der Waals surface area contributed by atoms with Gasteiger partial charge in [0, 0.05) is 62.3 Å². The Labute approximate surface area is 134 Å². The zero-order valence-corrected chi connectivity index (χ0v) is 12.8. The lowest BCUT2D eigenvalue weighted by Crippen LogP contribution is -2.35. The number of hydrogen-bond donors (Lipinski definition) is 2. The molecular formula is C16H19N7. The molecule has 1 aliphatic heterocycles. The smallest absolute Gasteiger partial charge is 0.157 e. The van der Waals surface area contributed by atoms with Crippen LogP contribution in [0.1, 0.15) is 5.56 Å². The molecule has 7 heteroatoms. The molecule has 1 aliphatic rings. The Kier molecular flexibility index (Phi) is 3.77. The first-order chi connectivity index (χ1) is 11.4. The van der Waals surface area contributed by atoms with E-state index in [1.807, 2.05) is 35.3 Å². The summed E-state index contributed by atoms with van der Waals surface area (Å²) in [5.74, 6) is 2.50. The van der Waals surface area contributed by atoms with Crippen LogP contribution < -0.4 is 10.6 Å². The van der Waals surface area contributed by atoms with Gasteiger partial charge in [0.15, 0.2) is 5.82 Å². The third-order valence-corrected chi connectivity index (χ3v) is 4.06. The SMILES string of the molecule is c1cnc(-n2cccn2)c(CNCC2CNc3ccnn3C2)c1. The number of pyridine rings is 1. The van der Waals surface area contributed by atoms with Gasteiger partial charge in [-0.05, 0) is 12.1 Å². The predicted octanol–water partition coefficient (Wildman–Crippen LogP) is 1.30. The molecular weight excluding hydrogens is 290 g/mol. The van der Waals surface area contributed by atoms with Crippen LogP contribution in [0.2, 0.25) is 0 Å². The fourth-order valence-electron chi connectivity index (χ4n) is 2.90. The summed E-state index contributed by atoms with van der Waals surface area (Å²) in [5.41, 5.74) is 1.14. The molecule has 118 valence electrons. The summed E-state index contributed by atoms with van der Waals surface area (Å²) in [6, 6.07) is 7.96. The number of rotatable bonds is 5. The molecule has 0 aromatic carbocycles. The maximum Gasteiger partial charge on any atom is 0.157 e. The molecule has 4 heterocycles. The molecule has 3 aromatic rings. The van der Waals surface area contributed by atoms with Gasteiger partial charge in [-0.15, -0.1) is 0 Å². The Morgan fingerprint density at radius 3 is 3.09 bits per heavy atom. The van der Waals surface area contributed by atoms with Gasteiger partial charge in [-0.3, -0.25) is 0 Å². The van der Waals surface area contributed by atoms with Crippen LogP contribution in [0.25, 0.3) is 5.82 Å². The Morgan fingerprint density at radius 2 is 2.17 bits per heavy atom. The summed E-state index contributed by atoms with van der Waals surface area (Å²) in [4.78, 5) is 4.44. The van der Waals surface area contributed by atoms with Crippen molar-refractivity contribution < 1.29 is 0 Å². The van der Waals surface area contributed by atoms with E-state index in [9.17, 15) is 0 Å². The average Bonchev–Trinajstić information content (AvgIpc) is 3.26. The highest BCUT2D eigenvalue weighted by Gasteiger charge is 2.17. The normalized spacial score (nSPS) is 16.8. The quantitative estimate of drug-likeness (QED) is 0.743. The Morgan fingerprint density at radius 1 is 1.17 bits per heavy atom. The Bertz CT molecular complexity index is 762. The lowest BCUT2D eigenvalue weighted by Gasteiger charge is -2.25. The average molecular weight is 309 g/mol. The van der Waals surface area contributed by atoms with Crippen LogP contribution in [-0.4, -0.2) is 37.6 Å². The molecule has 2 N–H and O–H groups in total. The first-order valence-corrected chi connectivity index (χ1v) is 7.80. The van der Waals surface area contributed by atoms with E-state index in [1.165, 1.54) is 0 Å². The van der Waals surface area contributed by atoms with E-state index < -0.39 is 0 Å². The van der Waals surface area contributed by atoms with E-state index in [0.29, 0.717) is 5.92 Å². The second-order valence-corrected chi connectivity index (χ2v) is 5.71. The van der Waals surface area contributed by atoms with Crippen molar-refractivity contribution in [3.63, 3.8) is 0 Å². The lowest BCUT2D eigenvalue weighted by molar-refractivity contribution is 0.391. The van der Waals surface area contributed by atoms with Crippen LogP contribution in [0.5, 0.6) is 0 Å². The molecule has 0 saturated heterocycles. The van der Waals surface area contributed by atoms with Crippen LogP contribution in [0, 0.1) is 5.92 Å². The van der Waals surface area contributed by atoms with Crippen LogP contribution in [0.3, 0.4) is 0 Å². The van der Waals surface area contributed by atoms with E-state index in [1.54, 1.807) is 17.1 Å². The second-order valence-electron chi connectivity index (χ2n) is 5.71. The monoisotopic (exact) mass is 309 g/mol. The zero-order valence-electron chi connectivity index (χ0n) is 12.8. The topological polar surface area (TPSA) is 72.6 Å². The van der Waals surface area contributed by atoms with Gasteiger partial charge in [-0.1, -0.05) is 6.07 Å². The van der Waals surface area contributed by atoms with Crippen LogP contribution in [0.15, 0.2) is 49.1 Å². The van der Waals surface area contributed by atoms with Crippen molar-refractivity contribution in [1.82, 2.24) is 29.9 Å². The van der Waals surface area contributed by atoms with E-state index in [0.717, 1.165) is 43.4 Å². The summed E-state index contributed by atoms with van der Waals surface area (Å²) >= 11 is 0. The van der Waals surface area contributed by atoms with E-state index >= 15 is 0 Å². The summed E-state index contributed by atoms with van der Waals surface area (Å²) < 4.78 is 3.82. The van der Waals surface area contributed by atoms with Gasteiger partial charge in [-0.25, -0.2) is 14.3 Å². The molecule has 7 nitrogen and oxygen atoms in total. The zero-order chi connectivity index (χ0) is 15.5. The number of aromatic nitrogens is 5. The lowest BCUT2D eigenvalue weighted by atomic mass is 10.1. The first-order valence-electron chi connectivity index (χ1n) is 7.80. The molecule has 0 aliphatic carbocycles. The number of hydrogen-bond acceptors (Lipinski definition) is 5. The number of anilines is 1. The van der Waals surface area contributed by atoms with Crippen molar-refractivity contribution in [2.24, 2.45) is 5.92 Å². The number of nitrogens with zero attached hydrogens (tertiary/aromatic N) is 5. The standard InChI is InChI=1S/C16H19N7/c1-3-14(16(18-5-1)22-8-2-6-20-22)11-17-9-13-10-19-15-4-7-21-23(15)12-13/h1-8,13,17,19H,9-12H2. The van der Waals surface area contributed by atoms with Gasteiger partial charge < -0.3 is 10.6 Å². The van der Waals surface area contributed by atoms with Gasteiger partial charge in [0.05, 0.1) is 6.20 Å². The molecule has 3 aromatic heterocycles. The summed E-state index contributed by atoms with van der Waals surface area (Å²) in [5, 5.41) is 15.5. The molecule has 0 amide bonds. The van der Waals surface area contributed by atoms with Gasteiger partial charge >= 0.3 is 0 Å². The molecule has 0 fully saturated rings. The minimum atomic E-state index is 0.521. The summed E-state index contributed by atoms with van der Waals surface area (Å²) in [6.45, 7) is 3.62. The highest BCUT2D eigenvalue weighted by molar-refractivity contribution is 5.35. The molecule has 23 heavy (non-hydrogen) atoms. The fraction of sp³-hybridized carbons (Fsp3) is 0.312. The molecule has 4 rings (SSSR count). The largest absolute Gasteiger partial charge is 0.370 e. The minimum Gasteiger partial charge on any atom is -0.370 e. The predicted molar refractivity (Wildman–Crippen MR) is 87.3 cm³/mol. The summed E-state index contributed by atoms with van der Waals surface area (Å²) in [6.07, 6.45) is 7.31. The van der Waals surface area contributed by atoms with Crippen molar-refractivity contribution in [3.05, 3.63) is 54.6 Å². The molecule has 0 bridgehead atoms. The Hall–Kier alpha value is -2.67. The fourth-order valence-corrected chi connectivity index (χ4v) is 2.90. The molecule has 0 spiro atoms. The van der Waals surface area contributed by atoms with E-state index in [4.69, 9.17) is 0 Å². The number of nitrogens with one attached hydrogen (secondary N) is 2. The van der Waals surface area contributed by atoms with Crippen molar-refractivity contribution >= 4 is 5.82 Å². The van der Waals surface area contributed by atoms with Gasteiger partial charge in [0.25, 0.3) is 0 Å². The first kappa shape index (κ1) is 14.0. The van der Waals surface area contributed by atoms with Gasteiger partial charge in [0.1, 0.15) is 5.82 Å². The molecule has 0 saturated carbocycles. The second kappa shape index (κ2) is 6.21. The number of fused-ring (bicyclic) bond motifs is 1. The van der Waals surface area contributed by atoms with Crippen molar-refractivity contribution in [2.75, 3.05) is 18.4 Å². The highest BCUT2D eigenvalue weighted by atomic mass is 15.3. The summed E-state index contributed by atoms with van der Waals surface area (Å²) in [7, 11) is 0. The molecule has 0 radical (unpaired) electrons. The third-order valence-electron chi connectivity index (χ3n) is 4.06. The van der Waals surface area contributed by atoms with Crippen molar-refractivity contribution in [2.45, 2.75) is 13.1 Å². The maximum absolute atomic E-state index is 4.44. The van der Waals surface area contributed by atoms with E-state index in [-0.39, 0.29) is 0 Å². The molecule has 1 unspecified atom stereocenters. The van der Waals surface area contributed by atoms with Crippen LogP contribution in [0.4, 0.5) is 5.82 Å². The highest BCUT2D eigenvalue weighted by Crippen LogP contribution is 2.16. The van der Waals surface area contributed by atoms with Crippen molar-refractivity contribution in [1.29, 1.82) is 0 Å². The van der Waals surface area contributed by atoms with Crippen LogP contribution in [-0.2, 0) is 13.1 Å². The third kappa shape index (κ3) is 2.95. The van der Waals surface area contributed by atoms with Crippen molar-refractivity contribution in [3.8, 4) is 5.82 Å². The van der Waals surface area contributed by atoms with E-state index in [2.05, 4.69) is 31.9 Å². The van der Waals surface area contributed by atoms with Gasteiger partial charge in [-0.2, -0.15) is 10.2 Å². The molecule has 1 atom stereocenters. The maximum atomic E-state index is 4.44. The Balaban J connectivity index is 1.37. The van der Waals surface area contributed by atoms with Crippen LogP contribution >= 0.6 is 0 Å². The van der Waals surface area contributed by atoms with Gasteiger partial charge in [0.2, 0.25) is 0 Å².